The highest BCUT2D eigenvalue weighted by atomic mass is 79.9. The van der Waals surface area contributed by atoms with Gasteiger partial charge >= 0.3 is 0 Å². The zero-order valence-corrected chi connectivity index (χ0v) is 10.9. The lowest BCUT2D eigenvalue weighted by Gasteiger charge is -2.04. The third-order valence-electron chi connectivity index (χ3n) is 3.05. The topological polar surface area (TPSA) is 12.5 Å². The van der Waals surface area contributed by atoms with Gasteiger partial charge in [-0.15, -0.1) is 0 Å². The minimum absolute atomic E-state index is 0.489. The first-order chi connectivity index (χ1) is 7.20. The Hall–Kier alpha value is -0.340. The molecule has 1 heterocycles. The average molecular weight is 269 g/mol. The summed E-state index contributed by atoms with van der Waals surface area (Å²) < 4.78 is 6.64. The predicted octanol–water partition coefficient (Wildman–Crippen LogP) is 3.73. The van der Waals surface area contributed by atoms with Crippen molar-refractivity contribution in [3.05, 3.63) is 33.8 Å². The van der Waals surface area contributed by atoms with Gasteiger partial charge < -0.3 is 4.74 Å². The van der Waals surface area contributed by atoms with Crippen LogP contribution in [0.15, 0.2) is 22.7 Å². The number of hydrogen-bond donors (Lipinski definition) is 0. The lowest BCUT2D eigenvalue weighted by atomic mass is 10.0. The predicted molar refractivity (Wildman–Crippen MR) is 66.2 cm³/mol. The second kappa shape index (κ2) is 4.67. The van der Waals surface area contributed by atoms with Crippen LogP contribution in [0.3, 0.4) is 0 Å². The van der Waals surface area contributed by atoms with Crippen LogP contribution in [0.25, 0.3) is 0 Å². The quantitative estimate of drug-likeness (QED) is 0.759. The molecule has 82 valence electrons. The molecule has 2 heteroatoms. The van der Waals surface area contributed by atoms with E-state index in [9.17, 15) is 0 Å². The van der Waals surface area contributed by atoms with Crippen molar-refractivity contribution >= 4 is 15.9 Å². The van der Waals surface area contributed by atoms with E-state index >= 15 is 0 Å². The maximum absolute atomic E-state index is 5.40. The second-order valence-corrected chi connectivity index (χ2v) is 5.05. The second-order valence-electron chi connectivity index (χ2n) is 4.20. The van der Waals surface area contributed by atoms with E-state index in [1.807, 2.05) is 0 Å². The Kier molecular flexibility index (Phi) is 3.47. The summed E-state index contributed by atoms with van der Waals surface area (Å²) in [5, 5.41) is 0. The third-order valence-corrected chi connectivity index (χ3v) is 3.79. The largest absolute Gasteiger partial charge is 0.370 e. The van der Waals surface area contributed by atoms with E-state index in [-0.39, 0.29) is 0 Å². The SMILES string of the molecule is CCc1ccc(CCC2OC2C)cc1Br. The minimum atomic E-state index is 0.489. The van der Waals surface area contributed by atoms with Gasteiger partial charge in [-0.05, 0) is 43.4 Å². The van der Waals surface area contributed by atoms with Crippen molar-refractivity contribution in [2.75, 3.05) is 0 Å². The number of halogens is 1. The fourth-order valence-corrected chi connectivity index (χ4v) is 2.58. The summed E-state index contributed by atoms with van der Waals surface area (Å²) in [6.07, 6.45) is 4.36. The molecule has 1 aromatic carbocycles. The molecule has 0 radical (unpaired) electrons. The molecule has 1 aromatic rings. The first-order valence-electron chi connectivity index (χ1n) is 5.63. The Labute approximate surface area is 100.0 Å². The van der Waals surface area contributed by atoms with Crippen molar-refractivity contribution in [2.45, 2.75) is 45.3 Å². The molecular weight excluding hydrogens is 252 g/mol. The van der Waals surface area contributed by atoms with Crippen molar-refractivity contribution in [3.8, 4) is 0 Å². The Morgan fingerprint density at radius 3 is 2.67 bits per heavy atom. The van der Waals surface area contributed by atoms with Gasteiger partial charge in [-0.1, -0.05) is 35.0 Å². The number of ether oxygens (including phenoxy) is 1. The molecule has 0 N–H and O–H groups in total. The normalized spacial score (nSPS) is 24.2. The summed E-state index contributed by atoms with van der Waals surface area (Å²) >= 11 is 3.61. The van der Waals surface area contributed by atoms with E-state index in [0.717, 1.165) is 19.3 Å². The number of hydrogen-bond acceptors (Lipinski definition) is 1. The van der Waals surface area contributed by atoms with E-state index in [1.54, 1.807) is 0 Å². The fraction of sp³-hybridized carbons (Fsp3) is 0.538. The molecule has 0 amide bonds. The smallest absolute Gasteiger partial charge is 0.0842 e. The zero-order chi connectivity index (χ0) is 10.8. The van der Waals surface area contributed by atoms with Crippen LogP contribution < -0.4 is 0 Å². The van der Waals surface area contributed by atoms with Gasteiger partial charge in [-0.25, -0.2) is 0 Å². The van der Waals surface area contributed by atoms with Gasteiger partial charge in [-0.2, -0.15) is 0 Å². The Morgan fingerprint density at radius 1 is 1.40 bits per heavy atom. The van der Waals surface area contributed by atoms with E-state index in [4.69, 9.17) is 4.74 Å². The van der Waals surface area contributed by atoms with Crippen molar-refractivity contribution < 1.29 is 4.74 Å². The molecule has 2 atom stereocenters. The summed E-state index contributed by atoms with van der Waals surface area (Å²) in [6.45, 7) is 4.32. The molecule has 15 heavy (non-hydrogen) atoms. The molecule has 1 aliphatic rings. The van der Waals surface area contributed by atoms with Gasteiger partial charge in [0.25, 0.3) is 0 Å². The number of benzene rings is 1. The summed E-state index contributed by atoms with van der Waals surface area (Å²) in [5.41, 5.74) is 2.79. The van der Waals surface area contributed by atoms with Gasteiger partial charge in [0.1, 0.15) is 0 Å². The highest BCUT2D eigenvalue weighted by molar-refractivity contribution is 9.10. The molecule has 0 bridgehead atoms. The number of rotatable bonds is 4. The van der Waals surface area contributed by atoms with Crippen molar-refractivity contribution in [3.63, 3.8) is 0 Å². The van der Waals surface area contributed by atoms with Crippen molar-refractivity contribution in [2.24, 2.45) is 0 Å². The maximum atomic E-state index is 5.40. The Balaban J connectivity index is 1.94. The third kappa shape index (κ3) is 2.82. The monoisotopic (exact) mass is 268 g/mol. The molecule has 0 aliphatic carbocycles. The van der Waals surface area contributed by atoms with Crippen LogP contribution in [-0.2, 0) is 17.6 Å². The average Bonchev–Trinajstić information content (AvgIpc) is 2.92. The van der Waals surface area contributed by atoms with Crippen molar-refractivity contribution in [1.82, 2.24) is 0 Å². The molecule has 2 rings (SSSR count). The van der Waals surface area contributed by atoms with Crippen LogP contribution in [-0.4, -0.2) is 12.2 Å². The van der Waals surface area contributed by atoms with Crippen LogP contribution in [0.1, 0.15) is 31.4 Å². The van der Waals surface area contributed by atoms with Crippen LogP contribution in [0, 0.1) is 0 Å². The summed E-state index contributed by atoms with van der Waals surface area (Å²) in [7, 11) is 0. The van der Waals surface area contributed by atoms with E-state index in [2.05, 4.69) is 48.0 Å². The molecule has 2 unspecified atom stereocenters. The standard InChI is InChI=1S/C13H17BrO/c1-3-11-6-4-10(8-12(11)14)5-7-13-9(2)15-13/h4,6,8-9,13H,3,5,7H2,1-2H3. The lowest BCUT2D eigenvalue weighted by molar-refractivity contribution is 0.370. The van der Waals surface area contributed by atoms with E-state index < -0.39 is 0 Å². The molecule has 0 saturated carbocycles. The van der Waals surface area contributed by atoms with Gasteiger partial charge in [0.2, 0.25) is 0 Å². The van der Waals surface area contributed by atoms with Crippen LogP contribution in [0.4, 0.5) is 0 Å². The molecular formula is C13H17BrO. The van der Waals surface area contributed by atoms with E-state index in [0.29, 0.717) is 12.2 Å². The molecule has 1 saturated heterocycles. The molecule has 1 nitrogen and oxygen atoms in total. The van der Waals surface area contributed by atoms with Crippen molar-refractivity contribution in [1.29, 1.82) is 0 Å². The van der Waals surface area contributed by atoms with Crippen LogP contribution in [0.5, 0.6) is 0 Å². The minimum Gasteiger partial charge on any atom is -0.370 e. The highest BCUT2D eigenvalue weighted by Gasteiger charge is 2.33. The van der Waals surface area contributed by atoms with Gasteiger partial charge in [0, 0.05) is 4.47 Å². The fourth-order valence-electron chi connectivity index (χ4n) is 1.88. The molecule has 0 aromatic heterocycles. The lowest BCUT2D eigenvalue weighted by Crippen LogP contribution is -1.94. The molecule has 1 fully saturated rings. The first-order valence-corrected chi connectivity index (χ1v) is 6.42. The van der Waals surface area contributed by atoms with E-state index in [1.165, 1.54) is 15.6 Å². The molecule has 1 aliphatic heterocycles. The van der Waals surface area contributed by atoms with Crippen LogP contribution >= 0.6 is 15.9 Å². The number of aryl methyl sites for hydroxylation is 2. The maximum Gasteiger partial charge on any atom is 0.0842 e. The summed E-state index contributed by atoms with van der Waals surface area (Å²) in [6, 6.07) is 6.69. The summed E-state index contributed by atoms with van der Waals surface area (Å²) in [5.74, 6) is 0. The Bertz CT molecular complexity index is 348. The first kappa shape index (κ1) is 11.2. The van der Waals surface area contributed by atoms with Gasteiger partial charge in [0.05, 0.1) is 12.2 Å². The zero-order valence-electron chi connectivity index (χ0n) is 9.29. The summed E-state index contributed by atoms with van der Waals surface area (Å²) in [4.78, 5) is 0. The van der Waals surface area contributed by atoms with Crippen LogP contribution in [0.2, 0.25) is 0 Å². The Morgan fingerprint density at radius 2 is 2.13 bits per heavy atom. The number of epoxide rings is 1. The van der Waals surface area contributed by atoms with Gasteiger partial charge in [0.15, 0.2) is 0 Å². The highest BCUT2D eigenvalue weighted by Crippen LogP contribution is 2.27. The van der Waals surface area contributed by atoms with Gasteiger partial charge in [-0.3, -0.25) is 0 Å². The molecule has 0 spiro atoms.